The van der Waals surface area contributed by atoms with E-state index in [2.05, 4.69) is 6.92 Å². The molecule has 0 atom stereocenters. The summed E-state index contributed by atoms with van der Waals surface area (Å²) in [6.45, 7) is 7.81. The zero-order chi connectivity index (χ0) is 21.0. The van der Waals surface area contributed by atoms with Gasteiger partial charge in [0, 0.05) is 12.0 Å². The third kappa shape index (κ3) is 8.04. The molecule has 0 aromatic heterocycles. The highest BCUT2D eigenvalue weighted by atomic mass is 32.2. The molecule has 1 aromatic carbocycles. The molecule has 1 rings (SSSR count). The van der Waals surface area contributed by atoms with Crippen molar-refractivity contribution in [3.8, 4) is 0 Å². The van der Waals surface area contributed by atoms with Crippen molar-refractivity contribution < 1.29 is 17.4 Å². The fraction of sp³-hybridized carbons (Fsp3) is 0.696. The molecule has 0 amide bonds. The molecule has 0 aliphatic heterocycles. The van der Waals surface area contributed by atoms with Gasteiger partial charge < -0.3 is 0 Å². The fourth-order valence-corrected chi connectivity index (χ4v) is 4.56. The molecule has 0 saturated heterocycles. The van der Waals surface area contributed by atoms with Crippen molar-refractivity contribution in [1.82, 2.24) is 0 Å². The molecular formula is C23H38O4S. The van der Waals surface area contributed by atoms with Crippen LogP contribution in [0.1, 0.15) is 106 Å². The van der Waals surface area contributed by atoms with E-state index in [1.807, 2.05) is 6.92 Å². The third-order valence-corrected chi connectivity index (χ3v) is 6.66. The third-order valence-electron chi connectivity index (χ3n) is 5.30. The quantitative estimate of drug-likeness (QED) is 0.187. The van der Waals surface area contributed by atoms with E-state index in [4.69, 9.17) is 4.18 Å². The lowest BCUT2D eigenvalue weighted by Gasteiger charge is -2.14. The van der Waals surface area contributed by atoms with Gasteiger partial charge in [0.2, 0.25) is 0 Å². The van der Waals surface area contributed by atoms with E-state index >= 15 is 0 Å². The minimum Gasteiger partial charge on any atom is -0.294 e. The largest absolute Gasteiger partial charge is 0.297 e. The van der Waals surface area contributed by atoms with Gasteiger partial charge in [0.15, 0.2) is 5.78 Å². The van der Waals surface area contributed by atoms with Gasteiger partial charge in [-0.25, -0.2) is 0 Å². The maximum absolute atomic E-state index is 12.6. The smallest absolute Gasteiger partial charge is 0.294 e. The molecule has 5 heteroatoms. The molecule has 0 bridgehead atoms. The average molecular weight is 411 g/mol. The molecule has 0 N–H and O–H groups in total. The second kappa shape index (κ2) is 13.1. The van der Waals surface area contributed by atoms with Crippen LogP contribution in [0.4, 0.5) is 0 Å². The maximum Gasteiger partial charge on any atom is 0.297 e. The number of ketones is 1. The normalized spacial score (nSPS) is 11.7. The van der Waals surface area contributed by atoms with E-state index in [0.717, 1.165) is 30.4 Å². The van der Waals surface area contributed by atoms with Crippen LogP contribution in [0, 0.1) is 13.8 Å². The fourth-order valence-electron chi connectivity index (χ4n) is 3.34. The summed E-state index contributed by atoms with van der Waals surface area (Å²) in [6.07, 6.45) is 12.1. The van der Waals surface area contributed by atoms with E-state index in [9.17, 15) is 13.2 Å². The monoisotopic (exact) mass is 410 g/mol. The molecule has 0 aliphatic carbocycles. The van der Waals surface area contributed by atoms with Crippen molar-refractivity contribution in [1.29, 1.82) is 0 Å². The predicted octanol–water partition coefficient (Wildman–Crippen LogP) is 6.52. The number of rotatable bonds is 15. The summed E-state index contributed by atoms with van der Waals surface area (Å²) >= 11 is 0. The van der Waals surface area contributed by atoms with Crippen molar-refractivity contribution in [2.45, 2.75) is 103 Å². The minimum absolute atomic E-state index is 0.00882. The van der Waals surface area contributed by atoms with Gasteiger partial charge >= 0.3 is 0 Å². The summed E-state index contributed by atoms with van der Waals surface area (Å²) in [5.41, 5.74) is 1.91. The van der Waals surface area contributed by atoms with Gasteiger partial charge in [-0.05, 0) is 37.5 Å². The van der Waals surface area contributed by atoms with E-state index in [0.29, 0.717) is 0 Å². The Hall–Kier alpha value is -1.20. The molecule has 160 valence electrons. The summed E-state index contributed by atoms with van der Waals surface area (Å²) in [4.78, 5) is 12.3. The van der Waals surface area contributed by atoms with Crippen LogP contribution in [-0.2, 0) is 14.3 Å². The van der Waals surface area contributed by atoms with Crippen molar-refractivity contribution in [2.24, 2.45) is 0 Å². The Bertz CT molecular complexity index is 708. The van der Waals surface area contributed by atoms with Gasteiger partial charge in [-0.3, -0.25) is 8.98 Å². The SMILES string of the molecule is CCCCCCCCCCCCOS(=O)(=O)c1ccc(C)c(C)c1C(=O)CC. The lowest BCUT2D eigenvalue weighted by Crippen LogP contribution is -2.14. The number of carbonyl (C=O) groups is 1. The molecule has 0 unspecified atom stereocenters. The number of Topliss-reactive ketones (excluding diaryl/α,β-unsaturated/α-hetero) is 1. The van der Waals surface area contributed by atoms with Crippen molar-refractivity contribution in [2.75, 3.05) is 6.61 Å². The molecule has 0 fully saturated rings. The van der Waals surface area contributed by atoms with E-state index < -0.39 is 10.1 Å². The first-order valence-electron chi connectivity index (χ1n) is 10.9. The summed E-state index contributed by atoms with van der Waals surface area (Å²) in [5, 5.41) is 0. The van der Waals surface area contributed by atoms with Gasteiger partial charge in [0.05, 0.1) is 6.61 Å². The summed E-state index contributed by atoms with van der Waals surface area (Å²) in [5.74, 6) is -0.165. The van der Waals surface area contributed by atoms with Crippen LogP contribution in [-0.4, -0.2) is 20.8 Å². The number of aryl methyl sites for hydroxylation is 1. The van der Waals surface area contributed by atoms with Crippen LogP contribution in [0.3, 0.4) is 0 Å². The van der Waals surface area contributed by atoms with Crippen LogP contribution >= 0.6 is 0 Å². The molecule has 0 saturated carbocycles. The summed E-state index contributed by atoms with van der Waals surface area (Å²) in [6, 6.07) is 3.23. The second-order valence-corrected chi connectivity index (χ2v) is 9.20. The topological polar surface area (TPSA) is 60.4 Å². The molecular weight excluding hydrogens is 372 g/mol. The van der Waals surface area contributed by atoms with E-state index in [1.165, 1.54) is 51.0 Å². The number of hydrogen-bond donors (Lipinski definition) is 0. The lowest BCUT2D eigenvalue weighted by atomic mass is 9.99. The highest BCUT2D eigenvalue weighted by molar-refractivity contribution is 7.86. The average Bonchev–Trinajstić information content (AvgIpc) is 2.67. The molecule has 0 spiro atoms. The molecule has 1 aromatic rings. The van der Waals surface area contributed by atoms with Gasteiger partial charge in [-0.1, -0.05) is 77.7 Å². The second-order valence-electron chi connectivity index (χ2n) is 7.62. The molecule has 4 nitrogen and oxygen atoms in total. The number of unbranched alkanes of at least 4 members (excludes halogenated alkanes) is 9. The Labute approximate surface area is 172 Å². The van der Waals surface area contributed by atoms with Crippen LogP contribution < -0.4 is 0 Å². The summed E-state index contributed by atoms with van der Waals surface area (Å²) < 4.78 is 30.5. The Balaban J connectivity index is 2.45. The van der Waals surface area contributed by atoms with Gasteiger partial charge in [0.25, 0.3) is 10.1 Å². The van der Waals surface area contributed by atoms with Crippen molar-refractivity contribution in [3.05, 3.63) is 28.8 Å². The van der Waals surface area contributed by atoms with Crippen LogP contribution in [0.5, 0.6) is 0 Å². The first kappa shape index (κ1) is 24.8. The van der Waals surface area contributed by atoms with E-state index in [-0.39, 0.29) is 29.3 Å². The molecule has 0 aliphatic rings. The molecule has 28 heavy (non-hydrogen) atoms. The standard InChI is InChI=1S/C23H38O4S/c1-5-7-8-9-10-11-12-13-14-15-18-27-28(25,26)22-17-16-19(3)20(4)23(22)21(24)6-2/h16-17H,5-15,18H2,1-4H3. The number of benzene rings is 1. The van der Waals surface area contributed by atoms with Crippen LogP contribution in [0.25, 0.3) is 0 Å². The van der Waals surface area contributed by atoms with Crippen molar-refractivity contribution >= 4 is 15.9 Å². The first-order valence-corrected chi connectivity index (χ1v) is 12.3. The van der Waals surface area contributed by atoms with E-state index in [1.54, 1.807) is 19.9 Å². The minimum atomic E-state index is -3.92. The Morgan fingerprint density at radius 3 is 1.93 bits per heavy atom. The zero-order valence-electron chi connectivity index (χ0n) is 18.2. The molecule has 0 heterocycles. The maximum atomic E-state index is 12.6. The Kier molecular flexibility index (Phi) is 11.6. The zero-order valence-corrected chi connectivity index (χ0v) is 19.0. The highest BCUT2D eigenvalue weighted by Gasteiger charge is 2.25. The van der Waals surface area contributed by atoms with Crippen LogP contribution in [0.2, 0.25) is 0 Å². The highest BCUT2D eigenvalue weighted by Crippen LogP contribution is 2.25. The lowest BCUT2D eigenvalue weighted by molar-refractivity contribution is 0.0983. The summed E-state index contributed by atoms with van der Waals surface area (Å²) in [7, 11) is -3.92. The van der Waals surface area contributed by atoms with Gasteiger partial charge in [-0.15, -0.1) is 0 Å². The molecule has 0 radical (unpaired) electrons. The van der Waals surface area contributed by atoms with Gasteiger partial charge in [0.1, 0.15) is 4.90 Å². The van der Waals surface area contributed by atoms with Crippen LogP contribution in [0.15, 0.2) is 17.0 Å². The predicted molar refractivity (Wildman–Crippen MR) is 116 cm³/mol. The van der Waals surface area contributed by atoms with Gasteiger partial charge in [-0.2, -0.15) is 8.42 Å². The number of hydrogen-bond acceptors (Lipinski definition) is 4. The van der Waals surface area contributed by atoms with Crippen molar-refractivity contribution in [3.63, 3.8) is 0 Å². The Morgan fingerprint density at radius 1 is 0.857 bits per heavy atom. The number of carbonyl (C=O) groups excluding carboxylic acids is 1. The first-order chi connectivity index (χ1) is 13.3. The Morgan fingerprint density at radius 2 is 1.39 bits per heavy atom.